The predicted octanol–water partition coefficient (Wildman–Crippen LogP) is 5.10. The molecule has 0 radical (unpaired) electrons. The molecular formula is C24H20ClNO6. The first kappa shape index (κ1) is 21.6. The van der Waals surface area contributed by atoms with Crippen molar-refractivity contribution in [3.8, 4) is 17.2 Å². The van der Waals surface area contributed by atoms with E-state index in [1.54, 1.807) is 37.3 Å². The highest BCUT2D eigenvalue weighted by atomic mass is 35.5. The number of para-hydroxylation sites is 1. The molecule has 0 aliphatic carbocycles. The molecule has 0 saturated carbocycles. The standard InChI is InChI=1S/C24H20ClNO6/c1-14-19(26-21(30-14)16-9-5-6-10-18(16)25)13-29-20-11-7-4-8-15(20)12-17-22(27)31-24(2,3)32-23(17)28/h4-12H,13H2,1-3H3. The third kappa shape index (κ3) is 4.53. The molecule has 0 bridgehead atoms. The van der Waals surface area contributed by atoms with Gasteiger partial charge in [0.15, 0.2) is 0 Å². The lowest BCUT2D eigenvalue weighted by Gasteiger charge is -2.29. The van der Waals surface area contributed by atoms with Crippen LogP contribution >= 0.6 is 11.6 Å². The molecule has 4 rings (SSSR count). The van der Waals surface area contributed by atoms with Crippen molar-refractivity contribution in [1.29, 1.82) is 0 Å². The average molecular weight is 454 g/mol. The van der Waals surface area contributed by atoms with Gasteiger partial charge in [0.05, 0.1) is 10.6 Å². The van der Waals surface area contributed by atoms with E-state index in [2.05, 4.69) is 4.98 Å². The van der Waals surface area contributed by atoms with Gasteiger partial charge in [0.1, 0.15) is 29.4 Å². The summed E-state index contributed by atoms with van der Waals surface area (Å²) in [6.07, 6.45) is 1.39. The van der Waals surface area contributed by atoms with E-state index in [-0.39, 0.29) is 12.2 Å². The lowest BCUT2D eigenvalue weighted by Crippen LogP contribution is -2.41. The van der Waals surface area contributed by atoms with E-state index in [4.69, 9.17) is 30.2 Å². The topological polar surface area (TPSA) is 87.9 Å². The van der Waals surface area contributed by atoms with Gasteiger partial charge in [-0.3, -0.25) is 0 Å². The number of oxazole rings is 1. The van der Waals surface area contributed by atoms with Crippen LogP contribution in [0.1, 0.15) is 30.9 Å². The summed E-state index contributed by atoms with van der Waals surface area (Å²) >= 11 is 6.23. The van der Waals surface area contributed by atoms with Crippen molar-refractivity contribution in [1.82, 2.24) is 4.98 Å². The van der Waals surface area contributed by atoms with Crippen LogP contribution < -0.4 is 4.74 Å². The Morgan fingerprint density at radius 2 is 1.69 bits per heavy atom. The number of benzene rings is 2. The first-order valence-corrected chi connectivity index (χ1v) is 10.2. The molecule has 0 spiro atoms. The van der Waals surface area contributed by atoms with E-state index >= 15 is 0 Å². The number of ether oxygens (including phenoxy) is 3. The quantitative estimate of drug-likeness (QED) is 0.301. The van der Waals surface area contributed by atoms with Gasteiger partial charge in [-0.25, -0.2) is 14.6 Å². The Kier molecular flexibility index (Phi) is 5.76. The average Bonchev–Trinajstić information content (AvgIpc) is 3.10. The summed E-state index contributed by atoms with van der Waals surface area (Å²) in [5.74, 6) is -1.36. The Hall–Kier alpha value is -3.58. The largest absolute Gasteiger partial charge is 0.487 e. The number of esters is 2. The first-order valence-electron chi connectivity index (χ1n) is 9.85. The Labute approximate surface area is 189 Å². The molecule has 0 amide bonds. The fourth-order valence-corrected chi connectivity index (χ4v) is 3.34. The maximum absolute atomic E-state index is 12.3. The minimum Gasteiger partial charge on any atom is -0.487 e. The predicted molar refractivity (Wildman–Crippen MR) is 117 cm³/mol. The van der Waals surface area contributed by atoms with Gasteiger partial charge in [0.25, 0.3) is 5.79 Å². The van der Waals surface area contributed by atoms with E-state index in [0.717, 1.165) is 0 Å². The molecule has 2 heterocycles. The fourth-order valence-electron chi connectivity index (χ4n) is 3.12. The van der Waals surface area contributed by atoms with Crippen molar-refractivity contribution < 1.29 is 28.2 Å². The number of nitrogens with zero attached hydrogens (tertiary/aromatic N) is 1. The molecule has 0 unspecified atom stereocenters. The molecule has 1 aromatic heterocycles. The van der Waals surface area contributed by atoms with Gasteiger partial charge < -0.3 is 18.6 Å². The minimum atomic E-state index is -1.30. The summed E-state index contributed by atoms with van der Waals surface area (Å²) in [5, 5.41) is 0.535. The molecule has 164 valence electrons. The lowest BCUT2D eigenvalue weighted by molar-refractivity contribution is -0.222. The number of hydrogen-bond acceptors (Lipinski definition) is 7. The molecule has 7 nitrogen and oxygen atoms in total. The van der Waals surface area contributed by atoms with Crippen LogP contribution in [-0.2, 0) is 25.7 Å². The van der Waals surface area contributed by atoms with Crippen LogP contribution in [-0.4, -0.2) is 22.7 Å². The van der Waals surface area contributed by atoms with Gasteiger partial charge in [-0.15, -0.1) is 0 Å². The highest BCUT2D eigenvalue weighted by molar-refractivity contribution is 6.33. The fraction of sp³-hybridized carbons (Fsp3) is 0.208. The Bertz CT molecular complexity index is 1200. The number of aryl methyl sites for hydroxylation is 1. The van der Waals surface area contributed by atoms with E-state index in [0.29, 0.717) is 39.2 Å². The molecule has 1 aliphatic rings. The number of carbonyl (C=O) groups is 2. The summed E-state index contributed by atoms with van der Waals surface area (Å²) in [6, 6.07) is 14.2. The molecule has 32 heavy (non-hydrogen) atoms. The zero-order valence-electron chi connectivity index (χ0n) is 17.7. The zero-order valence-corrected chi connectivity index (χ0v) is 18.4. The second kappa shape index (κ2) is 8.51. The summed E-state index contributed by atoms with van der Waals surface area (Å²) in [4.78, 5) is 29.0. The second-order valence-electron chi connectivity index (χ2n) is 7.57. The number of aromatic nitrogens is 1. The number of hydrogen-bond donors (Lipinski definition) is 0. The normalized spacial score (nSPS) is 15.2. The summed E-state index contributed by atoms with van der Waals surface area (Å²) in [7, 11) is 0. The maximum Gasteiger partial charge on any atom is 0.348 e. The molecule has 1 aliphatic heterocycles. The number of halogens is 1. The maximum atomic E-state index is 12.3. The molecule has 2 aromatic carbocycles. The van der Waals surface area contributed by atoms with Crippen molar-refractivity contribution in [2.24, 2.45) is 0 Å². The molecule has 3 aromatic rings. The first-order chi connectivity index (χ1) is 15.2. The lowest BCUT2D eigenvalue weighted by atomic mass is 10.1. The highest BCUT2D eigenvalue weighted by Crippen LogP contribution is 2.30. The van der Waals surface area contributed by atoms with Crippen molar-refractivity contribution in [3.63, 3.8) is 0 Å². The Balaban J connectivity index is 1.56. The van der Waals surface area contributed by atoms with Gasteiger partial charge >= 0.3 is 11.9 Å². The summed E-state index contributed by atoms with van der Waals surface area (Å²) in [5.41, 5.74) is 1.59. The summed E-state index contributed by atoms with van der Waals surface area (Å²) < 4.78 is 22.0. The SMILES string of the molecule is Cc1oc(-c2ccccc2Cl)nc1COc1ccccc1C=C1C(=O)OC(C)(C)OC1=O. The number of carbonyl (C=O) groups excluding carboxylic acids is 2. The van der Waals surface area contributed by atoms with Gasteiger partial charge in [-0.2, -0.15) is 0 Å². The van der Waals surface area contributed by atoms with Crippen LogP contribution in [0.2, 0.25) is 5.02 Å². The zero-order chi connectivity index (χ0) is 22.9. The number of rotatable bonds is 5. The van der Waals surface area contributed by atoms with Gasteiger partial charge in [-0.05, 0) is 31.2 Å². The molecular weight excluding hydrogens is 434 g/mol. The monoisotopic (exact) mass is 453 g/mol. The molecule has 8 heteroatoms. The van der Waals surface area contributed by atoms with Gasteiger partial charge in [0.2, 0.25) is 5.89 Å². The second-order valence-corrected chi connectivity index (χ2v) is 7.97. The van der Waals surface area contributed by atoms with Crippen LogP contribution in [0, 0.1) is 6.92 Å². The van der Waals surface area contributed by atoms with Crippen LogP contribution in [0.15, 0.2) is 58.5 Å². The van der Waals surface area contributed by atoms with Gasteiger partial charge in [0, 0.05) is 19.4 Å². The number of cyclic esters (lactones) is 2. The molecule has 0 N–H and O–H groups in total. The molecule has 1 saturated heterocycles. The smallest absolute Gasteiger partial charge is 0.348 e. The molecule has 0 atom stereocenters. The van der Waals surface area contributed by atoms with E-state index in [1.807, 2.05) is 18.2 Å². The van der Waals surface area contributed by atoms with E-state index in [9.17, 15) is 9.59 Å². The third-order valence-corrected chi connectivity index (χ3v) is 5.03. The minimum absolute atomic E-state index is 0.113. The van der Waals surface area contributed by atoms with Crippen molar-refractivity contribution >= 4 is 29.6 Å². The van der Waals surface area contributed by atoms with Crippen LogP contribution in [0.3, 0.4) is 0 Å². The van der Waals surface area contributed by atoms with Crippen LogP contribution in [0.4, 0.5) is 0 Å². The van der Waals surface area contributed by atoms with Crippen LogP contribution in [0.25, 0.3) is 17.5 Å². The van der Waals surface area contributed by atoms with Crippen molar-refractivity contribution in [2.45, 2.75) is 33.2 Å². The Morgan fingerprint density at radius 1 is 1.03 bits per heavy atom. The van der Waals surface area contributed by atoms with E-state index < -0.39 is 17.7 Å². The van der Waals surface area contributed by atoms with Crippen molar-refractivity contribution in [2.75, 3.05) is 0 Å². The highest BCUT2D eigenvalue weighted by Gasteiger charge is 2.39. The summed E-state index contributed by atoms with van der Waals surface area (Å²) in [6.45, 7) is 4.89. The van der Waals surface area contributed by atoms with E-state index in [1.165, 1.54) is 19.9 Å². The third-order valence-electron chi connectivity index (χ3n) is 4.70. The van der Waals surface area contributed by atoms with Crippen LogP contribution in [0.5, 0.6) is 5.75 Å². The molecule has 1 fully saturated rings. The van der Waals surface area contributed by atoms with Gasteiger partial charge in [-0.1, -0.05) is 41.9 Å². The van der Waals surface area contributed by atoms with Crippen molar-refractivity contribution in [3.05, 3.63) is 76.1 Å². The Morgan fingerprint density at radius 3 is 2.41 bits per heavy atom.